The summed E-state index contributed by atoms with van der Waals surface area (Å²) in [5.41, 5.74) is 3.71. The zero-order valence-corrected chi connectivity index (χ0v) is 15.7. The van der Waals surface area contributed by atoms with E-state index in [2.05, 4.69) is 44.6 Å². The van der Waals surface area contributed by atoms with E-state index in [-0.39, 0.29) is 5.95 Å². The summed E-state index contributed by atoms with van der Waals surface area (Å²) < 4.78 is 7.08. The Morgan fingerprint density at radius 2 is 1.96 bits per heavy atom. The Morgan fingerprint density at radius 1 is 1.21 bits per heavy atom. The van der Waals surface area contributed by atoms with E-state index in [1.807, 2.05) is 12.1 Å². The van der Waals surface area contributed by atoms with Crippen molar-refractivity contribution in [1.29, 1.82) is 0 Å². The van der Waals surface area contributed by atoms with Crippen molar-refractivity contribution in [1.82, 2.24) is 19.5 Å². The van der Waals surface area contributed by atoms with Crippen LogP contribution in [0.15, 0.2) is 42.5 Å². The van der Waals surface area contributed by atoms with Crippen molar-refractivity contribution < 1.29 is 14.6 Å². The number of piperidine rings is 1. The molecule has 1 fully saturated rings. The average molecular weight is 381 g/mol. The number of carbonyl (C=O) groups is 1. The van der Waals surface area contributed by atoms with E-state index >= 15 is 0 Å². The number of amides is 1. The van der Waals surface area contributed by atoms with Crippen molar-refractivity contribution in [3.05, 3.63) is 48.0 Å². The van der Waals surface area contributed by atoms with Gasteiger partial charge in [-0.25, -0.2) is 9.31 Å². The fraction of sp³-hybridized carbons (Fsp3) is 0.350. The Kier molecular flexibility index (Phi) is 5.23. The molecular weight excluding hydrogens is 358 g/mol. The maximum Gasteiger partial charge on any atom is 0.411 e. The van der Waals surface area contributed by atoms with Gasteiger partial charge in [0.25, 0.3) is 5.95 Å². The molecular formula is C20H23N5O3. The molecule has 0 saturated carbocycles. The fourth-order valence-corrected chi connectivity index (χ4v) is 3.61. The van der Waals surface area contributed by atoms with Crippen molar-refractivity contribution in [3.8, 4) is 11.3 Å². The summed E-state index contributed by atoms with van der Waals surface area (Å²) in [4.78, 5) is 17.5. The van der Waals surface area contributed by atoms with Gasteiger partial charge >= 0.3 is 6.09 Å². The van der Waals surface area contributed by atoms with E-state index in [9.17, 15) is 4.79 Å². The minimum absolute atomic E-state index is 0.0658. The largest absolute Gasteiger partial charge is 0.465 e. The summed E-state index contributed by atoms with van der Waals surface area (Å²) in [5.74, 6) is 0.0658. The van der Waals surface area contributed by atoms with Gasteiger partial charge in [-0.1, -0.05) is 30.3 Å². The average Bonchev–Trinajstić information content (AvgIpc) is 3.11. The third-order valence-electron chi connectivity index (χ3n) is 5.10. The summed E-state index contributed by atoms with van der Waals surface area (Å²) in [6.07, 6.45) is 1.36. The Labute approximate surface area is 162 Å². The van der Waals surface area contributed by atoms with Crippen LogP contribution in [-0.2, 0) is 11.3 Å². The molecule has 2 aromatic heterocycles. The van der Waals surface area contributed by atoms with Crippen molar-refractivity contribution >= 4 is 17.7 Å². The van der Waals surface area contributed by atoms with Gasteiger partial charge in [0.2, 0.25) is 0 Å². The lowest BCUT2D eigenvalue weighted by Crippen LogP contribution is -2.36. The van der Waals surface area contributed by atoms with Gasteiger partial charge in [-0.2, -0.15) is 4.98 Å². The van der Waals surface area contributed by atoms with Crippen LogP contribution in [0.1, 0.15) is 18.4 Å². The molecule has 1 aromatic carbocycles. The lowest BCUT2D eigenvalue weighted by atomic mass is 10.1. The summed E-state index contributed by atoms with van der Waals surface area (Å²) in [5, 5.41) is 15.3. The minimum atomic E-state index is -1.18. The van der Waals surface area contributed by atoms with Crippen molar-refractivity contribution in [2.24, 2.45) is 0 Å². The molecule has 2 N–H and O–H groups in total. The van der Waals surface area contributed by atoms with Crippen LogP contribution < -0.4 is 5.32 Å². The van der Waals surface area contributed by atoms with Crippen LogP contribution in [0.2, 0.25) is 0 Å². The monoisotopic (exact) mass is 381 g/mol. The maximum absolute atomic E-state index is 10.8. The van der Waals surface area contributed by atoms with Gasteiger partial charge in [0.15, 0.2) is 5.65 Å². The van der Waals surface area contributed by atoms with Gasteiger partial charge in [0, 0.05) is 32.3 Å². The van der Waals surface area contributed by atoms with Crippen molar-refractivity contribution in [2.75, 3.05) is 25.5 Å². The highest BCUT2D eigenvalue weighted by atomic mass is 16.5. The van der Waals surface area contributed by atoms with Crippen molar-refractivity contribution in [2.45, 2.75) is 25.5 Å². The lowest BCUT2D eigenvalue weighted by Gasteiger charge is -2.31. The number of hydrogen-bond acceptors (Lipinski definition) is 5. The number of ether oxygens (including phenoxy) is 1. The topological polar surface area (TPSA) is 92.0 Å². The number of anilines is 1. The molecule has 3 heterocycles. The molecule has 1 aliphatic heterocycles. The molecule has 0 aliphatic carbocycles. The van der Waals surface area contributed by atoms with Gasteiger partial charge in [-0.15, -0.1) is 5.10 Å². The number of hydrogen-bond donors (Lipinski definition) is 2. The second-order valence-corrected chi connectivity index (χ2v) is 6.95. The Bertz CT molecular complexity index is 962. The molecule has 0 bridgehead atoms. The number of carboxylic acid groups (broad SMARTS) is 1. The summed E-state index contributed by atoms with van der Waals surface area (Å²) in [6.45, 7) is 3.03. The molecule has 0 spiro atoms. The lowest BCUT2D eigenvalue weighted by molar-refractivity contribution is 0.0388. The number of aromatic nitrogens is 3. The quantitative estimate of drug-likeness (QED) is 0.706. The van der Waals surface area contributed by atoms with E-state index in [4.69, 9.17) is 9.84 Å². The second-order valence-electron chi connectivity index (χ2n) is 6.95. The van der Waals surface area contributed by atoms with Gasteiger partial charge in [-0.3, -0.25) is 10.2 Å². The highest BCUT2D eigenvalue weighted by Crippen LogP contribution is 2.23. The van der Waals surface area contributed by atoms with Gasteiger partial charge in [0.05, 0.1) is 11.8 Å². The van der Waals surface area contributed by atoms with Crippen LogP contribution in [0, 0.1) is 0 Å². The van der Waals surface area contributed by atoms with E-state index in [1.165, 1.54) is 5.56 Å². The zero-order valence-electron chi connectivity index (χ0n) is 15.7. The number of nitrogens with one attached hydrogen (secondary N) is 1. The molecule has 1 amide bonds. The molecule has 146 valence electrons. The standard InChI is InChI=1S/C20H23N5O3/c1-28-16-9-11-24(12-10-16)13-14-5-7-15(8-6-14)17-3-2-4-18-21-19(22-20(26)27)23-25(17)18/h2-8,16H,9-13H2,1H3,(H,22,23)(H,26,27). The highest BCUT2D eigenvalue weighted by molar-refractivity contribution is 5.80. The first-order valence-corrected chi connectivity index (χ1v) is 9.32. The van der Waals surface area contributed by atoms with Crippen molar-refractivity contribution in [3.63, 3.8) is 0 Å². The van der Waals surface area contributed by atoms with Gasteiger partial charge in [-0.05, 0) is 30.5 Å². The van der Waals surface area contributed by atoms with E-state index in [0.29, 0.717) is 11.8 Å². The van der Waals surface area contributed by atoms with Crippen LogP contribution in [0.25, 0.3) is 16.9 Å². The molecule has 28 heavy (non-hydrogen) atoms. The number of rotatable bonds is 5. The fourth-order valence-electron chi connectivity index (χ4n) is 3.61. The van der Waals surface area contributed by atoms with Crippen LogP contribution in [-0.4, -0.2) is 57.0 Å². The summed E-state index contributed by atoms with van der Waals surface area (Å²) in [7, 11) is 1.79. The number of fused-ring (bicyclic) bond motifs is 1. The van der Waals surface area contributed by atoms with Crippen LogP contribution in [0.4, 0.5) is 10.7 Å². The molecule has 8 nitrogen and oxygen atoms in total. The van der Waals surface area contributed by atoms with Gasteiger partial charge < -0.3 is 9.84 Å². The smallest absolute Gasteiger partial charge is 0.411 e. The molecule has 0 unspecified atom stereocenters. The molecule has 1 saturated heterocycles. The van der Waals surface area contributed by atoms with Crippen LogP contribution in [0.3, 0.4) is 0 Å². The first-order valence-electron chi connectivity index (χ1n) is 9.32. The third-order valence-corrected chi connectivity index (χ3v) is 5.10. The maximum atomic E-state index is 10.8. The summed E-state index contributed by atoms with van der Waals surface area (Å²) in [6, 6.07) is 14.0. The number of nitrogens with zero attached hydrogens (tertiary/aromatic N) is 4. The summed E-state index contributed by atoms with van der Waals surface area (Å²) >= 11 is 0. The normalized spacial score (nSPS) is 15.8. The minimum Gasteiger partial charge on any atom is -0.465 e. The third kappa shape index (κ3) is 3.97. The number of methoxy groups -OCH3 is 1. The Balaban J connectivity index is 1.51. The molecule has 4 rings (SSSR count). The molecule has 0 atom stereocenters. The predicted molar refractivity (Wildman–Crippen MR) is 105 cm³/mol. The van der Waals surface area contributed by atoms with E-state index in [0.717, 1.165) is 43.7 Å². The number of benzene rings is 1. The number of pyridine rings is 1. The Morgan fingerprint density at radius 3 is 2.64 bits per heavy atom. The number of likely N-dealkylation sites (tertiary alicyclic amines) is 1. The molecule has 8 heteroatoms. The predicted octanol–water partition coefficient (Wildman–Crippen LogP) is 3.10. The first kappa shape index (κ1) is 18.4. The van der Waals surface area contributed by atoms with E-state index < -0.39 is 6.09 Å². The van der Waals surface area contributed by atoms with Crippen LogP contribution >= 0.6 is 0 Å². The second kappa shape index (κ2) is 7.95. The molecule has 0 radical (unpaired) electrons. The molecule has 3 aromatic rings. The van der Waals surface area contributed by atoms with Gasteiger partial charge in [0.1, 0.15) is 0 Å². The highest BCUT2D eigenvalue weighted by Gasteiger charge is 2.18. The van der Waals surface area contributed by atoms with Crippen LogP contribution in [0.5, 0.6) is 0 Å². The van der Waals surface area contributed by atoms with E-state index in [1.54, 1.807) is 17.7 Å². The Hall–Kier alpha value is -2.97. The SMILES string of the molecule is COC1CCN(Cc2ccc(-c3cccc4nc(NC(=O)O)nn34)cc2)CC1. The molecule has 1 aliphatic rings. The zero-order chi connectivity index (χ0) is 19.5. The first-order chi connectivity index (χ1) is 13.6.